The van der Waals surface area contributed by atoms with Crippen molar-refractivity contribution in [1.82, 2.24) is 4.98 Å². The van der Waals surface area contributed by atoms with Crippen LogP contribution >= 0.6 is 15.9 Å². The van der Waals surface area contributed by atoms with Gasteiger partial charge >= 0.3 is 0 Å². The number of rotatable bonds is 2. The molecule has 0 atom stereocenters. The van der Waals surface area contributed by atoms with Crippen LogP contribution in [0.15, 0.2) is 47.1 Å². The fourth-order valence-electron chi connectivity index (χ4n) is 1.50. The third-order valence-electron chi connectivity index (χ3n) is 2.34. The normalized spacial score (nSPS) is 10.1. The number of aromatic nitrogens is 1. The third kappa shape index (κ3) is 2.04. The van der Waals surface area contributed by atoms with E-state index in [0.717, 1.165) is 10.0 Å². The first-order valence-electron chi connectivity index (χ1n) is 4.91. The highest BCUT2D eigenvalue weighted by Gasteiger charge is 2.14. The maximum atomic E-state index is 12.2. The van der Waals surface area contributed by atoms with Gasteiger partial charge in [-0.05, 0) is 30.7 Å². The van der Waals surface area contributed by atoms with Crippen molar-refractivity contribution < 1.29 is 4.79 Å². The minimum atomic E-state index is -0.0504. The molecular weight excluding hydrogens is 266 g/mol. The molecule has 1 aromatic carbocycles. The number of hydrogen-bond acceptors (Lipinski definition) is 2. The summed E-state index contributed by atoms with van der Waals surface area (Å²) < 4.78 is 0.796. The molecule has 2 rings (SSSR count). The van der Waals surface area contributed by atoms with Crippen molar-refractivity contribution in [2.24, 2.45) is 0 Å². The first kappa shape index (κ1) is 11.0. The van der Waals surface area contributed by atoms with Crippen LogP contribution in [0.4, 0.5) is 0 Å². The van der Waals surface area contributed by atoms with Crippen molar-refractivity contribution in [3.63, 3.8) is 0 Å². The Morgan fingerprint density at radius 3 is 2.62 bits per heavy atom. The highest BCUT2D eigenvalue weighted by molar-refractivity contribution is 9.10. The Kier molecular flexibility index (Phi) is 3.15. The molecule has 2 nitrogen and oxygen atoms in total. The molecule has 0 spiro atoms. The molecule has 3 heteroatoms. The van der Waals surface area contributed by atoms with E-state index in [4.69, 9.17) is 0 Å². The number of halogens is 1. The molecule has 16 heavy (non-hydrogen) atoms. The summed E-state index contributed by atoms with van der Waals surface area (Å²) in [6, 6.07) is 11.1. The zero-order chi connectivity index (χ0) is 11.5. The fourth-order valence-corrected chi connectivity index (χ4v) is 1.96. The Labute approximate surface area is 102 Å². The molecular formula is C13H10BrNO. The van der Waals surface area contributed by atoms with E-state index in [9.17, 15) is 4.79 Å². The summed E-state index contributed by atoms with van der Waals surface area (Å²) in [6.07, 6.45) is 1.64. The Hall–Kier alpha value is -1.48. The van der Waals surface area contributed by atoms with Crippen molar-refractivity contribution in [1.29, 1.82) is 0 Å². The summed E-state index contributed by atoms with van der Waals surface area (Å²) in [5.74, 6) is -0.0504. The fraction of sp³-hybridized carbons (Fsp3) is 0.0769. The second kappa shape index (κ2) is 4.58. The van der Waals surface area contributed by atoms with Gasteiger partial charge in [0.05, 0.1) is 0 Å². The number of ketones is 1. The average molecular weight is 276 g/mol. The number of aryl methyl sites for hydroxylation is 1. The van der Waals surface area contributed by atoms with Crippen LogP contribution in [0.1, 0.15) is 21.6 Å². The largest absolute Gasteiger partial charge is 0.287 e. The summed E-state index contributed by atoms with van der Waals surface area (Å²) in [5.41, 5.74) is 2.04. The lowest BCUT2D eigenvalue weighted by atomic mass is 10.0. The monoisotopic (exact) mass is 275 g/mol. The molecule has 2 aromatic rings. The van der Waals surface area contributed by atoms with Crippen molar-refractivity contribution in [3.05, 3.63) is 63.9 Å². The van der Waals surface area contributed by atoms with E-state index in [2.05, 4.69) is 20.9 Å². The molecule has 0 fully saturated rings. The van der Waals surface area contributed by atoms with Crippen LogP contribution < -0.4 is 0 Å². The van der Waals surface area contributed by atoms with E-state index in [0.29, 0.717) is 11.3 Å². The Bertz CT molecular complexity index is 489. The predicted octanol–water partition coefficient (Wildman–Crippen LogP) is 3.38. The lowest BCUT2D eigenvalue weighted by Crippen LogP contribution is -2.06. The molecule has 0 saturated heterocycles. The summed E-state index contributed by atoms with van der Waals surface area (Å²) in [6.45, 7) is 1.89. The van der Waals surface area contributed by atoms with Gasteiger partial charge in [0.2, 0.25) is 5.78 Å². The van der Waals surface area contributed by atoms with Gasteiger partial charge in [0.15, 0.2) is 0 Å². The highest BCUT2D eigenvalue weighted by atomic mass is 79.9. The summed E-state index contributed by atoms with van der Waals surface area (Å²) in [4.78, 5) is 16.3. The van der Waals surface area contributed by atoms with Crippen LogP contribution in [0, 0.1) is 6.92 Å². The zero-order valence-corrected chi connectivity index (χ0v) is 10.4. The lowest BCUT2D eigenvalue weighted by Gasteiger charge is -2.04. The molecule has 80 valence electrons. The first-order valence-corrected chi connectivity index (χ1v) is 5.70. The van der Waals surface area contributed by atoms with Gasteiger partial charge in [0.25, 0.3) is 0 Å². The number of nitrogens with zero attached hydrogens (tertiary/aromatic N) is 1. The molecule has 0 aliphatic rings. The number of carbonyl (C=O) groups excluding carboxylic acids is 1. The zero-order valence-electron chi connectivity index (χ0n) is 8.77. The molecule has 0 bridgehead atoms. The van der Waals surface area contributed by atoms with E-state index >= 15 is 0 Å². The molecule has 0 saturated carbocycles. The van der Waals surface area contributed by atoms with Crippen LogP contribution in [-0.4, -0.2) is 10.8 Å². The van der Waals surface area contributed by atoms with Crippen molar-refractivity contribution >= 4 is 21.7 Å². The maximum Gasteiger partial charge on any atom is 0.212 e. The van der Waals surface area contributed by atoms with Crippen LogP contribution in [0.25, 0.3) is 0 Å². The summed E-state index contributed by atoms with van der Waals surface area (Å²) in [7, 11) is 0. The molecule has 1 heterocycles. The van der Waals surface area contributed by atoms with Crippen LogP contribution in [0.5, 0.6) is 0 Å². The number of pyridine rings is 1. The summed E-state index contributed by atoms with van der Waals surface area (Å²) >= 11 is 3.37. The molecule has 0 unspecified atom stereocenters. The molecule has 0 N–H and O–H groups in total. The predicted molar refractivity (Wildman–Crippen MR) is 66.5 cm³/mol. The van der Waals surface area contributed by atoms with E-state index < -0.39 is 0 Å². The highest BCUT2D eigenvalue weighted by Crippen LogP contribution is 2.19. The van der Waals surface area contributed by atoms with E-state index in [1.165, 1.54) is 0 Å². The second-order valence-electron chi connectivity index (χ2n) is 3.48. The SMILES string of the molecule is Cc1cccnc1C(=O)c1ccccc1Br. The minimum Gasteiger partial charge on any atom is -0.287 e. The van der Waals surface area contributed by atoms with Crippen molar-refractivity contribution in [3.8, 4) is 0 Å². The second-order valence-corrected chi connectivity index (χ2v) is 4.33. The average Bonchev–Trinajstić information content (AvgIpc) is 2.29. The van der Waals surface area contributed by atoms with Crippen LogP contribution in [0.2, 0.25) is 0 Å². The molecule has 1 aromatic heterocycles. The third-order valence-corrected chi connectivity index (χ3v) is 3.03. The number of hydrogen-bond donors (Lipinski definition) is 0. The molecule has 0 aliphatic heterocycles. The van der Waals surface area contributed by atoms with Crippen molar-refractivity contribution in [2.75, 3.05) is 0 Å². The van der Waals surface area contributed by atoms with Crippen LogP contribution in [-0.2, 0) is 0 Å². The quantitative estimate of drug-likeness (QED) is 0.787. The lowest BCUT2D eigenvalue weighted by molar-refractivity contribution is 0.103. The number of carbonyl (C=O) groups is 1. The van der Waals surface area contributed by atoms with E-state index in [1.54, 1.807) is 12.3 Å². The molecule has 0 aliphatic carbocycles. The molecule has 0 radical (unpaired) electrons. The van der Waals surface area contributed by atoms with Crippen LogP contribution in [0.3, 0.4) is 0 Å². The topological polar surface area (TPSA) is 30.0 Å². The van der Waals surface area contributed by atoms with Gasteiger partial charge in [-0.2, -0.15) is 0 Å². The standard InChI is InChI=1S/C13H10BrNO/c1-9-5-4-8-15-12(9)13(16)10-6-2-3-7-11(10)14/h2-8H,1H3. The Morgan fingerprint density at radius 2 is 1.94 bits per heavy atom. The Balaban J connectivity index is 2.48. The first-order chi connectivity index (χ1) is 7.70. The minimum absolute atomic E-state index is 0.0504. The van der Waals surface area contributed by atoms with Gasteiger partial charge in [0.1, 0.15) is 5.69 Å². The number of benzene rings is 1. The van der Waals surface area contributed by atoms with E-state index in [-0.39, 0.29) is 5.78 Å². The summed E-state index contributed by atoms with van der Waals surface area (Å²) in [5, 5.41) is 0. The van der Waals surface area contributed by atoms with Gasteiger partial charge in [-0.15, -0.1) is 0 Å². The van der Waals surface area contributed by atoms with Gasteiger partial charge in [-0.3, -0.25) is 9.78 Å². The van der Waals surface area contributed by atoms with Crippen molar-refractivity contribution in [2.45, 2.75) is 6.92 Å². The van der Waals surface area contributed by atoms with E-state index in [1.807, 2.05) is 37.3 Å². The van der Waals surface area contributed by atoms with Gasteiger partial charge in [-0.1, -0.05) is 34.1 Å². The van der Waals surface area contributed by atoms with Gasteiger partial charge in [-0.25, -0.2) is 0 Å². The maximum absolute atomic E-state index is 12.2. The van der Waals surface area contributed by atoms with Gasteiger partial charge < -0.3 is 0 Å². The van der Waals surface area contributed by atoms with Gasteiger partial charge in [0, 0.05) is 16.2 Å². The molecule has 0 amide bonds. The Morgan fingerprint density at radius 1 is 1.19 bits per heavy atom. The smallest absolute Gasteiger partial charge is 0.212 e.